The van der Waals surface area contributed by atoms with Crippen LogP contribution in [-0.2, 0) is 20.8 Å². The number of benzene rings is 1. The normalized spacial score (nSPS) is 13.2. The van der Waals surface area contributed by atoms with Crippen LogP contribution < -0.4 is 11.2 Å². The molecule has 2 atom stereocenters. The van der Waals surface area contributed by atoms with Crippen molar-refractivity contribution in [3.63, 3.8) is 0 Å². The third-order valence-electron chi connectivity index (χ3n) is 4.69. The van der Waals surface area contributed by atoms with Crippen molar-refractivity contribution in [2.75, 3.05) is 6.54 Å². The van der Waals surface area contributed by atoms with Gasteiger partial charge in [-0.15, -0.1) is 0 Å². The first-order valence-electron chi connectivity index (χ1n) is 9.74. The molecule has 0 saturated carbocycles. The number of hydroxylamine groups is 1. The van der Waals surface area contributed by atoms with Crippen molar-refractivity contribution in [3.05, 3.63) is 35.9 Å². The highest BCUT2D eigenvalue weighted by Gasteiger charge is 2.35. The minimum absolute atomic E-state index is 0.140. The van der Waals surface area contributed by atoms with Gasteiger partial charge in [-0.05, 0) is 30.2 Å². The molecule has 0 aliphatic heterocycles. The van der Waals surface area contributed by atoms with E-state index in [1.807, 2.05) is 58.0 Å². The van der Waals surface area contributed by atoms with E-state index >= 15 is 0 Å². The maximum absolute atomic E-state index is 13.4. The average Bonchev–Trinajstić information content (AvgIpc) is 2.63. The molecule has 0 heterocycles. The van der Waals surface area contributed by atoms with Gasteiger partial charge in [0.1, 0.15) is 6.04 Å². The fraction of sp³-hybridized carbons (Fsp3) is 0.571. The van der Waals surface area contributed by atoms with Crippen LogP contribution in [-0.4, -0.2) is 40.4 Å². The zero-order valence-corrected chi connectivity index (χ0v) is 17.2. The molecule has 0 aliphatic carbocycles. The average molecular weight is 392 g/mol. The molecule has 0 bridgehead atoms. The highest BCUT2D eigenvalue weighted by molar-refractivity contribution is 5.90. The summed E-state index contributed by atoms with van der Waals surface area (Å²) in [7, 11) is 0. The molecular formula is C21H33N3O4. The van der Waals surface area contributed by atoms with Crippen LogP contribution in [0.3, 0.4) is 0 Å². The summed E-state index contributed by atoms with van der Waals surface area (Å²) in [6.07, 6.45) is 0.903. The third kappa shape index (κ3) is 7.31. The minimum atomic E-state index is -0.761. The summed E-state index contributed by atoms with van der Waals surface area (Å²) >= 11 is 0. The van der Waals surface area contributed by atoms with Crippen molar-refractivity contribution in [2.45, 2.75) is 53.0 Å². The van der Waals surface area contributed by atoms with Gasteiger partial charge in [0.25, 0.3) is 0 Å². The van der Waals surface area contributed by atoms with Crippen LogP contribution in [0.2, 0.25) is 0 Å². The molecule has 3 amide bonds. The Balaban J connectivity index is 3.15. The van der Waals surface area contributed by atoms with Gasteiger partial charge in [0.2, 0.25) is 17.7 Å². The van der Waals surface area contributed by atoms with Gasteiger partial charge in [0.05, 0.1) is 0 Å². The first-order chi connectivity index (χ1) is 13.2. The number of hydrogen-bond acceptors (Lipinski definition) is 4. The van der Waals surface area contributed by atoms with Crippen LogP contribution in [0, 0.1) is 17.8 Å². The van der Waals surface area contributed by atoms with E-state index in [-0.39, 0.29) is 24.2 Å². The lowest BCUT2D eigenvalue weighted by Gasteiger charge is -2.35. The van der Waals surface area contributed by atoms with E-state index in [2.05, 4.69) is 0 Å². The molecule has 0 radical (unpaired) electrons. The number of carbonyl (C=O) groups excluding carboxylic acids is 3. The maximum Gasteiger partial charge on any atom is 0.244 e. The minimum Gasteiger partial charge on any atom is -0.368 e. The van der Waals surface area contributed by atoms with E-state index in [0.717, 1.165) is 5.56 Å². The smallest absolute Gasteiger partial charge is 0.244 e. The lowest BCUT2D eigenvalue weighted by Crippen LogP contribution is -2.53. The third-order valence-corrected chi connectivity index (χ3v) is 4.69. The fourth-order valence-corrected chi connectivity index (χ4v) is 3.47. The predicted molar refractivity (Wildman–Crippen MR) is 107 cm³/mol. The largest absolute Gasteiger partial charge is 0.368 e. The van der Waals surface area contributed by atoms with E-state index in [9.17, 15) is 14.4 Å². The number of rotatable bonds is 11. The lowest BCUT2D eigenvalue weighted by atomic mass is 9.90. The number of amides is 3. The molecule has 0 aliphatic rings. The Bertz CT molecular complexity index is 646. The quantitative estimate of drug-likeness (QED) is 0.396. The fourth-order valence-electron chi connectivity index (χ4n) is 3.47. The number of nitrogens with zero attached hydrogens (tertiary/aromatic N) is 1. The molecule has 0 fully saturated rings. The standard InChI is InChI=1S/C21H33N3O4/c1-14(2)12-17(13-18(25)23-28)21(27)24(19(15(3)4)20(22)26)11-10-16-8-6-5-7-9-16/h5-9,14-15,17,19,28H,10-13H2,1-4H3,(H2,22,26)(H,23,25)/t17?,19-/m0/s1. The van der Waals surface area contributed by atoms with E-state index in [0.29, 0.717) is 19.4 Å². The summed E-state index contributed by atoms with van der Waals surface area (Å²) < 4.78 is 0. The van der Waals surface area contributed by atoms with E-state index in [4.69, 9.17) is 10.9 Å². The van der Waals surface area contributed by atoms with E-state index < -0.39 is 23.8 Å². The Morgan fingerprint density at radius 3 is 2.18 bits per heavy atom. The molecule has 0 spiro atoms. The van der Waals surface area contributed by atoms with Gasteiger partial charge in [-0.1, -0.05) is 58.0 Å². The highest BCUT2D eigenvalue weighted by Crippen LogP contribution is 2.22. The van der Waals surface area contributed by atoms with Crippen molar-refractivity contribution in [2.24, 2.45) is 23.5 Å². The molecule has 0 aromatic heterocycles. The second-order valence-electron chi connectivity index (χ2n) is 7.92. The van der Waals surface area contributed by atoms with Gasteiger partial charge in [-0.2, -0.15) is 0 Å². The lowest BCUT2D eigenvalue weighted by molar-refractivity contribution is -0.147. The van der Waals surface area contributed by atoms with Crippen LogP contribution >= 0.6 is 0 Å². The van der Waals surface area contributed by atoms with Crippen LogP contribution in [0.15, 0.2) is 30.3 Å². The van der Waals surface area contributed by atoms with E-state index in [1.165, 1.54) is 4.90 Å². The summed E-state index contributed by atoms with van der Waals surface area (Å²) in [5.41, 5.74) is 8.26. The Kier molecular flexibility index (Phi) is 9.65. The summed E-state index contributed by atoms with van der Waals surface area (Å²) in [6.45, 7) is 7.93. The highest BCUT2D eigenvalue weighted by atomic mass is 16.5. The van der Waals surface area contributed by atoms with Gasteiger partial charge in [-0.3, -0.25) is 19.6 Å². The van der Waals surface area contributed by atoms with Crippen LogP contribution in [0.25, 0.3) is 0 Å². The summed E-state index contributed by atoms with van der Waals surface area (Å²) in [4.78, 5) is 38.7. The van der Waals surface area contributed by atoms with Gasteiger partial charge < -0.3 is 10.6 Å². The second-order valence-corrected chi connectivity index (χ2v) is 7.92. The SMILES string of the molecule is CC(C)CC(CC(=O)NO)C(=O)N(CCc1ccccc1)[C@H](C(N)=O)C(C)C. The molecular weight excluding hydrogens is 358 g/mol. The number of carbonyl (C=O) groups is 3. The molecule has 1 aromatic rings. The molecule has 1 aromatic carbocycles. The van der Waals surface area contributed by atoms with E-state index in [1.54, 1.807) is 5.48 Å². The second kappa shape index (κ2) is 11.4. The Labute approximate surface area is 167 Å². The topological polar surface area (TPSA) is 113 Å². The van der Waals surface area contributed by atoms with Gasteiger partial charge in [0.15, 0.2) is 0 Å². The molecule has 7 heteroatoms. The van der Waals surface area contributed by atoms with Crippen molar-refractivity contribution in [1.29, 1.82) is 0 Å². The maximum atomic E-state index is 13.4. The molecule has 7 nitrogen and oxygen atoms in total. The number of nitrogens with two attached hydrogens (primary N) is 1. The summed E-state index contributed by atoms with van der Waals surface area (Å²) in [5.74, 6) is -2.10. The summed E-state index contributed by atoms with van der Waals surface area (Å²) in [6, 6.07) is 8.91. The molecule has 156 valence electrons. The Morgan fingerprint density at radius 2 is 1.71 bits per heavy atom. The zero-order valence-electron chi connectivity index (χ0n) is 17.2. The van der Waals surface area contributed by atoms with Crippen LogP contribution in [0.1, 0.15) is 46.1 Å². The number of primary amides is 1. The molecule has 1 rings (SSSR count). The number of hydrogen-bond donors (Lipinski definition) is 3. The molecule has 28 heavy (non-hydrogen) atoms. The first-order valence-corrected chi connectivity index (χ1v) is 9.74. The number of nitrogens with one attached hydrogen (secondary N) is 1. The molecule has 1 unspecified atom stereocenters. The van der Waals surface area contributed by atoms with Crippen molar-refractivity contribution < 1.29 is 19.6 Å². The van der Waals surface area contributed by atoms with Gasteiger partial charge in [0, 0.05) is 18.9 Å². The zero-order chi connectivity index (χ0) is 21.3. The van der Waals surface area contributed by atoms with Gasteiger partial charge in [-0.25, -0.2) is 5.48 Å². The predicted octanol–water partition coefficient (Wildman–Crippen LogP) is 2.13. The molecule has 0 saturated heterocycles. The van der Waals surface area contributed by atoms with Crippen LogP contribution in [0.4, 0.5) is 0 Å². The molecule has 4 N–H and O–H groups in total. The summed E-state index contributed by atoms with van der Waals surface area (Å²) in [5, 5.41) is 8.88. The van der Waals surface area contributed by atoms with Gasteiger partial charge >= 0.3 is 0 Å². The Hall–Kier alpha value is -2.41. The monoisotopic (exact) mass is 391 g/mol. The Morgan fingerprint density at radius 1 is 1.11 bits per heavy atom. The first kappa shape index (κ1) is 23.6. The van der Waals surface area contributed by atoms with Crippen molar-refractivity contribution in [3.8, 4) is 0 Å². The van der Waals surface area contributed by atoms with Crippen LogP contribution in [0.5, 0.6) is 0 Å². The van der Waals surface area contributed by atoms with Crippen molar-refractivity contribution >= 4 is 17.7 Å². The van der Waals surface area contributed by atoms with Crippen molar-refractivity contribution in [1.82, 2.24) is 10.4 Å².